The molecule has 0 saturated carbocycles. The summed E-state index contributed by atoms with van der Waals surface area (Å²) in [6, 6.07) is 0. The van der Waals surface area contributed by atoms with Crippen LogP contribution >= 0.6 is 0 Å². The van der Waals surface area contributed by atoms with E-state index in [2.05, 4.69) is 31.2 Å². The van der Waals surface area contributed by atoms with Crippen molar-refractivity contribution in [2.24, 2.45) is 0 Å². The first-order valence-corrected chi connectivity index (χ1v) is 6.79. The highest BCUT2D eigenvalue weighted by molar-refractivity contribution is 5.66. The van der Waals surface area contributed by atoms with Crippen molar-refractivity contribution in [3.63, 3.8) is 0 Å². The molecule has 0 heterocycles. The van der Waals surface area contributed by atoms with Crippen molar-refractivity contribution in [1.29, 1.82) is 0 Å². The number of carbonyl (C=O) groups is 1. The largest absolute Gasteiger partial charge is 0.481 e. The lowest BCUT2D eigenvalue weighted by Gasteiger charge is -1.93. The van der Waals surface area contributed by atoms with Gasteiger partial charge in [0.15, 0.2) is 0 Å². The number of allylic oxidation sites excluding steroid dienone is 4. The van der Waals surface area contributed by atoms with Crippen molar-refractivity contribution in [1.82, 2.24) is 0 Å². The molecule has 0 radical (unpaired) electrons. The molecule has 0 bridgehead atoms. The van der Waals surface area contributed by atoms with Gasteiger partial charge >= 0.3 is 5.97 Å². The number of hydrogen-bond acceptors (Lipinski definition) is 1. The van der Waals surface area contributed by atoms with Crippen molar-refractivity contribution in [3.05, 3.63) is 24.3 Å². The first kappa shape index (κ1) is 16.0. The number of unbranched alkanes of at least 4 members (excludes halogenated alkanes) is 5. The van der Waals surface area contributed by atoms with Crippen LogP contribution in [0.3, 0.4) is 0 Å². The Morgan fingerprint density at radius 3 is 2.06 bits per heavy atom. The molecular formula is C15H26O2. The third kappa shape index (κ3) is 14.9. The minimum atomic E-state index is -0.691. The highest BCUT2D eigenvalue weighted by Gasteiger charge is 1.93. The molecule has 0 aromatic heterocycles. The predicted octanol–water partition coefficient (Wildman–Crippen LogP) is 4.71. The Labute approximate surface area is 105 Å². The average Bonchev–Trinajstić information content (AvgIpc) is 2.30. The molecule has 1 N–H and O–H groups in total. The lowest BCUT2D eigenvalue weighted by molar-refractivity contribution is -0.137. The van der Waals surface area contributed by atoms with Crippen LogP contribution < -0.4 is 0 Å². The minimum Gasteiger partial charge on any atom is -0.481 e. The maximum absolute atomic E-state index is 10.3. The van der Waals surface area contributed by atoms with Gasteiger partial charge in [-0.05, 0) is 38.5 Å². The van der Waals surface area contributed by atoms with Crippen LogP contribution in [0.5, 0.6) is 0 Å². The van der Waals surface area contributed by atoms with Gasteiger partial charge in [0.05, 0.1) is 0 Å². The van der Waals surface area contributed by atoms with Crippen LogP contribution in [0.2, 0.25) is 0 Å². The van der Waals surface area contributed by atoms with Gasteiger partial charge in [-0.15, -0.1) is 0 Å². The summed E-state index contributed by atoms with van der Waals surface area (Å²) in [4.78, 5) is 10.3. The van der Waals surface area contributed by atoms with Gasteiger partial charge in [-0.2, -0.15) is 0 Å². The Hall–Kier alpha value is -1.05. The van der Waals surface area contributed by atoms with Crippen LogP contribution in [0.15, 0.2) is 24.3 Å². The standard InChI is InChI=1S/C15H26O2/c1-2-3-4-5-6-7-8-9-10-11-12-13-14-15(16)17/h6-7,9-10H,2-5,8,11-14H2,1H3,(H,16,17)/b7-6+,10-9+. The van der Waals surface area contributed by atoms with Crippen LogP contribution in [-0.4, -0.2) is 11.1 Å². The average molecular weight is 238 g/mol. The first-order chi connectivity index (χ1) is 8.27. The second-order valence-electron chi connectivity index (χ2n) is 4.31. The molecule has 0 rings (SSSR count). The molecule has 0 aliphatic heterocycles. The van der Waals surface area contributed by atoms with E-state index < -0.39 is 5.97 Å². The monoisotopic (exact) mass is 238 g/mol. The van der Waals surface area contributed by atoms with Gasteiger partial charge in [0.25, 0.3) is 0 Å². The smallest absolute Gasteiger partial charge is 0.303 e. The molecule has 0 saturated heterocycles. The molecule has 17 heavy (non-hydrogen) atoms. The number of carboxylic acid groups (broad SMARTS) is 1. The van der Waals surface area contributed by atoms with E-state index in [-0.39, 0.29) is 0 Å². The van der Waals surface area contributed by atoms with Crippen LogP contribution in [0.4, 0.5) is 0 Å². The van der Waals surface area contributed by atoms with Crippen molar-refractivity contribution in [2.75, 3.05) is 0 Å². The summed E-state index contributed by atoms with van der Waals surface area (Å²) in [7, 11) is 0. The number of hydrogen-bond donors (Lipinski definition) is 1. The molecule has 0 aliphatic carbocycles. The van der Waals surface area contributed by atoms with Crippen LogP contribution in [-0.2, 0) is 4.79 Å². The van der Waals surface area contributed by atoms with Gasteiger partial charge in [-0.1, -0.05) is 44.1 Å². The molecule has 0 aliphatic rings. The molecule has 0 atom stereocenters. The maximum Gasteiger partial charge on any atom is 0.303 e. The van der Waals surface area contributed by atoms with E-state index in [4.69, 9.17) is 5.11 Å². The predicted molar refractivity (Wildman–Crippen MR) is 73.1 cm³/mol. The Morgan fingerprint density at radius 1 is 0.941 bits per heavy atom. The van der Waals surface area contributed by atoms with Crippen LogP contribution in [0.1, 0.15) is 64.7 Å². The molecule has 0 fully saturated rings. The third-order valence-corrected chi connectivity index (χ3v) is 2.59. The van der Waals surface area contributed by atoms with E-state index in [1.54, 1.807) is 0 Å². The summed E-state index contributed by atoms with van der Waals surface area (Å²) in [5, 5.41) is 8.45. The highest BCUT2D eigenvalue weighted by atomic mass is 16.4. The summed E-state index contributed by atoms with van der Waals surface area (Å²) in [6.45, 7) is 2.22. The van der Waals surface area contributed by atoms with Gasteiger partial charge in [-0.3, -0.25) is 4.79 Å². The Balaban J connectivity index is 3.21. The quantitative estimate of drug-likeness (QED) is 0.418. The maximum atomic E-state index is 10.3. The van der Waals surface area contributed by atoms with E-state index in [0.29, 0.717) is 6.42 Å². The SMILES string of the molecule is CCCCC/C=C/C/C=C/CCCCC(=O)O. The molecule has 0 aromatic rings. The second-order valence-corrected chi connectivity index (χ2v) is 4.31. The number of carboxylic acids is 1. The molecule has 0 aromatic carbocycles. The summed E-state index contributed by atoms with van der Waals surface area (Å²) in [5.74, 6) is -0.691. The second kappa shape index (κ2) is 13.0. The summed E-state index contributed by atoms with van der Waals surface area (Å²) >= 11 is 0. The zero-order chi connectivity index (χ0) is 12.8. The zero-order valence-corrected chi connectivity index (χ0v) is 11.0. The number of rotatable bonds is 11. The topological polar surface area (TPSA) is 37.3 Å². The van der Waals surface area contributed by atoms with E-state index in [0.717, 1.165) is 25.7 Å². The summed E-state index contributed by atoms with van der Waals surface area (Å²) in [5.41, 5.74) is 0. The van der Waals surface area contributed by atoms with E-state index in [9.17, 15) is 4.79 Å². The summed E-state index contributed by atoms with van der Waals surface area (Å²) in [6.07, 6.45) is 17.9. The molecule has 98 valence electrons. The van der Waals surface area contributed by atoms with Crippen molar-refractivity contribution >= 4 is 5.97 Å². The fourth-order valence-corrected chi connectivity index (χ4v) is 1.56. The Bertz CT molecular complexity index is 229. The van der Waals surface area contributed by atoms with Crippen LogP contribution in [0, 0.1) is 0 Å². The lowest BCUT2D eigenvalue weighted by atomic mass is 10.1. The van der Waals surface area contributed by atoms with Crippen LogP contribution in [0.25, 0.3) is 0 Å². The van der Waals surface area contributed by atoms with Crippen molar-refractivity contribution in [3.8, 4) is 0 Å². The number of aliphatic carboxylic acids is 1. The highest BCUT2D eigenvalue weighted by Crippen LogP contribution is 2.02. The van der Waals surface area contributed by atoms with Crippen molar-refractivity contribution < 1.29 is 9.90 Å². The molecular weight excluding hydrogens is 212 g/mol. The van der Waals surface area contributed by atoms with E-state index >= 15 is 0 Å². The fraction of sp³-hybridized carbons (Fsp3) is 0.667. The van der Waals surface area contributed by atoms with Gasteiger partial charge in [0, 0.05) is 6.42 Å². The molecule has 0 unspecified atom stereocenters. The lowest BCUT2D eigenvalue weighted by Crippen LogP contribution is -1.92. The van der Waals surface area contributed by atoms with E-state index in [1.165, 1.54) is 25.7 Å². The zero-order valence-electron chi connectivity index (χ0n) is 11.0. The van der Waals surface area contributed by atoms with Gasteiger partial charge in [-0.25, -0.2) is 0 Å². The van der Waals surface area contributed by atoms with Gasteiger partial charge in [0.2, 0.25) is 0 Å². The van der Waals surface area contributed by atoms with E-state index in [1.807, 2.05) is 0 Å². The third-order valence-electron chi connectivity index (χ3n) is 2.59. The summed E-state index contributed by atoms with van der Waals surface area (Å²) < 4.78 is 0. The fourth-order valence-electron chi connectivity index (χ4n) is 1.56. The normalized spacial score (nSPS) is 11.6. The first-order valence-electron chi connectivity index (χ1n) is 6.79. The van der Waals surface area contributed by atoms with Gasteiger partial charge < -0.3 is 5.11 Å². The Morgan fingerprint density at radius 2 is 1.53 bits per heavy atom. The Kier molecular flexibility index (Phi) is 12.2. The molecule has 2 nitrogen and oxygen atoms in total. The van der Waals surface area contributed by atoms with Crippen molar-refractivity contribution in [2.45, 2.75) is 64.7 Å². The molecule has 0 spiro atoms. The molecule has 2 heteroatoms. The molecule has 0 amide bonds. The minimum absolute atomic E-state index is 0.297. The van der Waals surface area contributed by atoms with Gasteiger partial charge in [0.1, 0.15) is 0 Å².